The van der Waals surface area contributed by atoms with E-state index >= 15 is 0 Å². The number of rotatable bonds is 5. The first-order valence-electron chi connectivity index (χ1n) is 11.0. The Labute approximate surface area is 195 Å². The molecule has 10 heteroatoms. The Kier molecular flexibility index (Phi) is 8.51. The van der Waals surface area contributed by atoms with Gasteiger partial charge in [0, 0.05) is 43.9 Å². The first kappa shape index (κ1) is 25.5. The number of carbonyl (C=O) groups excluding carboxylic acids is 2. The number of benzene rings is 1. The van der Waals surface area contributed by atoms with Gasteiger partial charge in [-0.15, -0.1) is 0 Å². The van der Waals surface area contributed by atoms with E-state index in [0.717, 1.165) is 37.8 Å². The van der Waals surface area contributed by atoms with Crippen molar-refractivity contribution in [3.05, 3.63) is 63.1 Å². The summed E-state index contributed by atoms with van der Waals surface area (Å²) in [4.78, 5) is 38.6. The van der Waals surface area contributed by atoms with Crippen molar-refractivity contribution in [3.63, 3.8) is 0 Å². The minimum absolute atomic E-state index is 0.0926. The maximum absolute atomic E-state index is 13.8. The van der Waals surface area contributed by atoms with Crippen LogP contribution in [-0.4, -0.2) is 42.4 Å². The Bertz CT molecular complexity index is 1120. The molecule has 2 N–H and O–H groups in total. The lowest BCUT2D eigenvalue weighted by molar-refractivity contribution is 0.0325. The molecule has 1 aliphatic carbocycles. The number of nitrogens with zero attached hydrogens (tertiary/aromatic N) is 1. The Balaban J connectivity index is 0.000000751. The average molecular weight is 478 g/mol. The summed E-state index contributed by atoms with van der Waals surface area (Å²) in [5.74, 6) is -2.40. The van der Waals surface area contributed by atoms with Gasteiger partial charge in [0.25, 0.3) is 5.91 Å². The molecule has 1 aromatic carbocycles. The molecular weight excluding hydrogens is 450 g/mol. The van der Waals surface area contributed by atoms with E-state index in [2.05, 4.69) is 10.1 Å². The van der Waals surface area contributed by atoms with Crippen LogP contribution in [0.4, 0.5) is 8.78 Å². The van der Waals surface area contributed by atoms with E-state index in [1.807, 2.05) is 0 Å². The number of hydrogen-bond acceptors (Lipinski definition) is 6. The monoisotopic (exact) mass is 478 g/mol. The zero-order chi connectivity index (χ0) is 24.8. The van der Waals surface area contributed by atoms with Crippen LogP contribution in [0.15, 0.2) is 29.2 Å². The number of Topliss-reactive ketones (excluding diaryl/α,β-unsaturated/α-hetero) is 1. The molecule has 34 heavy (non-hydrogen) atoms. The molecule has 184 valence electrons. The molecule has 1 saturated carbocycles. The molecule has 2 heterocycles. The number of ketones is 1. The number of methoxy groups -OCH3 is 2. The lowest BCUT2D eigenvalue weighted by Gasteiger charge is -2.36. The molecule has 1 aromatic heterocycles. The standard InChI is InChI=1S/C22H22F2N2O4.C2H6O2/c1-30-21-18-19(27)15-5-3-2-4-13(15)10-26(18)11-16(20(21)28)22(29)25-9-12-6-7-14(23)8-17(12)24;1-4-2-3/h6-8,11,13,15H,2-5,9-10H2,1H3,(H,25,29);3H,2H2,1H3. The minimum Gasteiger partial charge on any atom is -0.491 e. The predicted octanol–water partition coefficient (Wildman–Crippen LogP) is 2.65. The number of amides is 1. The largest absolute Gasteiger partial charge is 0.491 e. The van der Waals surface area contributed by atoms with Crippen molar-refractivity contribution in [3.8, 4) is 5.75 Å². The SMILES string of the molecule is COCO.COc1c2n(cc(C(=O)NCc3ccc(F)cc3F)c1=O)CC1CCCCC1C2=O. The van der Waals surface area contributed by atoms with Crippen LogP contribution < -0.4 is 15.5 Å². The van der Waals surface area contributed by atoms with Gasteiger partial charge in [0.2, 0.25) is 5.43 Å². The first-order valence-corrected chi connectivity index (χ1v) is 11.0. The molecule has 0 saturated heterocycles. The van der Waals surface area contributed by atoms with E-state index < -0.39 is 23.0 Å². The Morgan fingerprint density at radius 3 is 2.56 bits per heavy atom. The fraction of sp³-hybridized carbons (Fsp3) is 0.458. The van der Waals surface area contributed by atoms with Crippen LogP contribution in [0, 0.1) is 23.5 Å². The smallest absolute Gasteiger partial charge is 0.257 e. The zero-order valence-corrected chi connectivity index (χ0v) is 19.1. The summed E-state index contributed by atoms with van der Waals surface area (Å²) in [6.07, 6.45) is 5.15. The third kappa shape index (κ3) is 5.34. The summed E-state index contributed by atoms with van der Waals surface area (Å²) in [6.45, 7) is 0.146. The fourth-order valence-corrected chi connectivity index (χ4v) is 4.52. The highest BCUT2D eigenvalue weighted by molar-refractivity contribution is 6.01. The van der Waals surface area contributed by atoms with Gasteiger partial charge in [0.1, 0.15) is 29.7 Å². The number of fused-ring (bicyclic) bond motifs is 2. The van der Waals surface area contributed by atoms with Crippen molar-refractivity contribution in [2.75, 3.05) is 21.0 Å². The van der Waals surface area contributed by atoms with Gasteiger partial charge in [-0.2, -0.15) is 0 Å². The van der Waals surface area contributed by atoms with E-state index in [1.54, 1.807) is 4.57 Å². The molecule has 2 unspecified atom stereocenters. The van der Waals surface area contributed by atoms with Crippen LogP contribution in [0.2, 0.25) is 0 Å². The van der Waals surface area contributed by atoms with Crippen LogP contribution in [0.5, 0.6) is 5.75 Å². The number of hydrogen-bond donors (Lipinski definition) is 2. The first-order chi connectivity index (χ1) is 16.3. The molecule has 2 atom stereocenters. The summed E-state index contributed by atoms with van der Waals surface area (Å²) in [7, 11) is 2.73. The highest BCUT2D eigenvalue weighted by atomic mass is 19.1. The lowest BCUT2D eigenvalue weighted by Crippen LogP contribution is -2.40. The Morgan fingerprint density at radius 1 is 1.21 bits per heavy atom. The minimum atomic E-state index is -0.788. The summed E-state index contributed by atoms with van der Waals surface area (Å²) < 4.78 is 37.8. The van der Waals surface area contributed by atoms with Crippen LogP contribution >= 0.6 is 0 Å². The van der Waals surface area contributed by atoms with Gasteiger partial charge in [-0.1, -0.05) is 18.9 Å². The molecule has 1 amide bonds. The normalized spacial score (nSPS) is 18.8. The van der Waals surface area contributed by atoms with E-state index in [1.165, 1.54) is 26.5 Å². The molecule has 0 spiro atoms. The van der Waals surface area contributed by atoms with Crippen LogP contribution in [-0.2, 0) is 17.8 Å². The highest BCUT2D eigenvalue weighted by Crippen LogP contribution is 2.38. The summed E-state index contributed by atoms with van der Waals surface area (Å²) in [5.41, 5.74) is -0.551. The topological polar surface area (TPSA) is 107 Å². The van der Waals surface area contributed by atoms with Crippen LogP contribution in [0.1, 0.15) is 52.1 Å². The van der Waals surface area contributed by atoms with Gasteiger partial charge < -0.3 is 24.5 Å². The summed E-state index contributed by atoms with van der Waals surface area (Å²) in [5, 5.41) is 10.1. The number of aliphatic hydroxyl groups excluding tert-OH is 1. The van der Waals surface area contributed by atoms with Gasteiger partial charge in [0.05, 0.1) is 7.11 Å². The van der Waals surface area contributed by atoms with Crippen molar-refractivity contribution >= 4 is 11.7 Å². The average Bonchev–Trinajstić information content (AvgIpc) is 2.83. The van der Waals surface area contributed by atoms with Gasteiger partial charge in [-0.3, -0.25) is 14.4 Å². The second-order valence-corrected chi connectivity index (χ2v) is 8.26. The highest BCUT2D eigenvalue weighted by Gasteiger charge is 2.40. The summed E-state index contributed by atoms with van der Waals surface area (Å²) in [6, 6.07) is 3.05. The van der Waals surface area contributed by atoms with Crippen molar-refractivity contribution < 1.29 is 33.0 Å². The molecule has 1 fully saturated rings. The van der Waals surface area contributed by atoms with E-state index in [4.69, 9.17) is 9.84 Å². The molecule has 0 radical (unpaired) electrons. The number of halogens is 2. The lowest BCUT2D eigenvalue weighted by atomic mass is 9.74. The molecular formula is C24H28F2N2O6. The number of pyridine rings is 1. The van der Waals surface area contributed by atoms with Crippen molar-refractivity contribution in [1.82, 2.24) is 9.88 Å². The molecule has 2 aliphatic rings. The van der Waals surface area contributed by atoms with Gasteiger partial charge in [-0.05, 0) is 24.8 Å². The molecule has 1 aliphatic heterocycles. The number of aliphatic hydroxyl groups is 1. The Morgan fingerprint density at radius 2 is 1.91 bits per heavy atom. The van der Waals surface area contributed by atoms with Crippen molar-refractivity contribution in [2.45, 2.75) is 38.8 Å². The second kappa shape index (κ2) is 11.3. The van der Waals surface area contributed by atoms with Crippen molar-refractivity contribution in [1.29, 1.82) is 0 Å². The zero-order valence-electron chi connectivity index (χ0n) is 19.1. The second-order valence-electron chi connectivity index (χ2n) is 8.26. The van der Waals surface area contributed by atoms with Gasteiger partial charge in [-0.25, -0.2) is 8.78 Å². The van der Waals surface area contributed by atoms with Crippen LogP contribution in [0.3, 0.4) is 0 Å². The number of nitrogens with one attached hydrogen (secondary N) is 1. The molecule has 2 aromatic rings. The van der Waals surface area contributed by atoms with Crippen molar-refractivity contribution in [2.24, 2.45) is 11.8 Å². The summed E-state index contributed by atoms with van der Waals surface area (Å²) >= 11 is 0. The molecule has 4 rings (SSSR count). The quantitative estimate of drug-likeness (QED) is 0.640. The fourth-order valence-electron chi connectivity index (χ4n) is 4.52. The van der Waals surface area contributed by atoms with E-state index in [0.29, 0.717) is 6.54 Å². The third-order valence-corrected chi connectivity index (χ3v) is 6.18. The third-order valence-electron chi connectivity index (χ3n) is 6.18. The number of carbonyl (C=O) groups is 2. The maximum atomic E-state index is 13.8. The van der Waals surface area contributed by atoms with Gasteiger partial charge >= 0.3 is 0 Å². The molecule has 8 nitrogen and oxygen atoms in total. The number of aromatic nitrogens is 1. The maximum Gasteiger partial charge on any atom is 0.257 e. The molecule has 0 bridgehead atoms. The predicted molar refractivity (Wildman–Crippen MR) is 119 cm³/mol. The number of ether oxygens (including phenoxy) is 2. The van der Waals surface area contributed by atoms with Gasteiger partial charge in [0.15, 0.2) is 11.5 Å². The van der Waals surface area contributed by atoms with E-state index in [9.17, 15) is 23.2 Å². The Hall–Kier alpha value is -3.11. The van der Waals surface area contributed by atoms with Crippen LogP contribution in [0.25, 0.3) is 0 Å². The van der Waals surface area contributed by atoms with E-state index in [-0.39, 0.29) is 53.5 Å².